The highest BCUT2D eigenvalue weighted by Crippen LogP contribution is 2.40. The molecule has 1 aromatic heterocycles. The number of ether oxygens (including phenoxy) is 2. The van der Waals surface area contributed by atoms with Crippen molar-refractivity contribution in [3.05, 3.63) is 28.8 Å². The second kappa shape index (κ2) is 6.33. The summed E-state index contributed by atoms with van der Waals surface area (Å²) in [6.07, 6.45) is -8.94. The van der Waals surface area contributed by atoms with Crippen LogP contribution < -0.4 is 0 Å². The van der Waals surface area contributed by atoms with E-state index in [-0.39, 0.29) is 6.61 Å². The standard InChI is InChI=1S/C13H10F6N2O2/c1-5-10(22-2-3-23-11(5)13(17,18)19)7-8(14)6(4-20)21-12(16)9(7)15/h5,10-11H,2-3H2,1H3. The fourth-order valence-electron chi connectivity index (χ4n) is 2.41. The number of hydrogen-bond donors (Lipinski definition) is 0. The number of nitriles is 1. The molecule has 0 bridgehead atoms. The molecule has 1 aliphatic rings. The van der Waals surface area contributed by atoms with Crippen molar-refractivity contribution in [2.75, 3.05) is 13.2 Å². The Bertz CT molecular complexity index is 643. The Morgan fingerprint density at radius 2 is 1.74 bits per heavy atom. The predicted molar refractivity (Wildman–Crippen MR) is 62.5 cm³/mol. The quantitative estimate of drug-likeness (QED) is 0.582. The van der Waals surface area contributed by atoms with Gasteiger partial charge in [0.15, 0.2) is 23.4 Å². The van der Waals surface area contributed by atoms with Crippen molar-refractivity contribution < 1.29 is 35.8 Å². The highest BCUT2D eigenvalue weighted by atomic mass is 19.4. The van der Waals surface area contributed by atoms with Crippen LogP contribution in [0.2, 0.25) is 0 Å². The Morgan fingerprint density at radius 1 is 1.13 bits per heavy atom. The molecule has 0 N–H and O–H groups in total. The van der Waals surface area contributed by atoms with Gasteiger partial charge in [-0.2, -0.15) is 22.8 Å². The first kappa shape index (κ1) is 17.5. The number of nitrogens with zero attached hydrogens (tertiary/aromatic N) is 2. The summed E-state index contributed by atoms with van der Waals surface area (Å²) in [6, 6.07) is 1.21. The largest absolute Gasteiger partial charge is 0.414 e. The van der Waals surface area contributed by atoms with Crippen molar-refractivity contribution in [3.8, 4) is 6.07 Å². The molecule has 0 aliphatic carbocycles. The van der Waals surface area contributed by atoms with Crippen molar-refractivity contribution in [3.63, 3.8) is 0 Å². The van der Waals surface area contributed by atoms with Gasteiger partial charge in [-0.3, -0.25) is 0 Å². The highest BCUT2D eigenvalue weighted by Gasteiger charge is 2.49. The van der Waals surface area contributed by atoms with E-state index in [1.807, 2.05) is 0 Å². The average molecular weight is 340 g/mol. The van der Waals surface area contributed by atoms with Crippen LogP contribution in [0.4, 0.5) is 26.3 Å². The van der Waals surface area contributed by atoms with Crippen molar-refractivity contribution in [2.24, 2.45) is 5.92 Å². The van der Waals surface area contributed by atoms with Gasteiger partial charge >= 0.3 is 6.18 Å². The molecule has 1 aliphatic heterocycles. The van der Waals surface area contributed by atoms with Gasteiger partial charge in [0.25, 0.3) is 5.95 Å². The normalized spacial score (nSPS) is 25.7. The predicted octanol–water partition coefficient (Wildman–Crippen LogP) is 3.03. The fourth-order valence-corrected chi connectivity index (χ4v) is 2.41. The molecule has 126 valence electrons. The fraction of sp³-hybridized carbons (Fsp3) is 0.538. The molecular formula is C13H10F6N2O2. The Morgan fingerprint density at radius 3 is 2.30 bits per heavy atom. The van der Waals surface area contributed by atoms with Crippen LogP contribution in [0, 0.1) is 34.8 Å². The van der Waals surface area contributed by atoms with Gasteiger partial charge < -0.3 is 9.47 Å². The lowest BCUT2D eigenvalue weighted by molar-refractivity contribution is -0.233. The molecule has 0 radical (unpaired) electrons. The van der Waals surface area contributed by atoms with E-state index in [1.54, 1.807) is 0 Å². The summed E-state index contributed by atoms with van der Waals surface area (Å²) in [7, 11) is 0. The summed E-state index contributed by atoms with van der Waals surface area (Å²) < 4.78 is 90.1. The number of hydrogen-bond acceptors (Lipinski definition) is 4. The molecule has 4 nitrogen and oxygen atoms in total. The van der Waals surface area contributed by atoms with Crippen molar-refractivity contribution in [2.45, 2.75) is 25.3 Å². The van der Waals surface area contributed by atoms with Gasteiger partial charge in [-0.25, -0.2) is 13.8 Å². The van der Waals surface area contributed by atoms with E-state index in [9.17, 15) is 26.3 Å². The van der Waals surface area contributed by atoms with Crippen LogP contribution in [-0.4, -0.2) is 30.5 Å². The number of alkyl halides is 3. The van der Waals surface area contributed by atoms with Crippen molar-refractivity contribution >= 4 is 0 Å². The maximum absolute atomic E-state index is 14.1. The lowest BCUT2D eigenvalue weighted by atomic mass is 9.91. The zero-order valence-corrected chi connectivity index (χ0v) is 11.6. The van der Waals surface area contributed by atoms with Crippen LogP contribution in [0.5, 0.6) is 0 Å². The summed E-state index contributed by atoms with van der Waals surface area (Å²) in [5, 5.41) is 8.67. The van der Waals surface area contributed by atoms with Crippen LogP contribution in [0.1, 0.15) is 24.3 Å². The van der Waals surface area contributed by atoms with Crippen LogP contribution in [0.3, 0.4) is 0 Å². The van der Waals surface area contributed by atoms with E-state index < -0.39 is 59.7 Å². The maximum atomic E-state index is 14.1. The Hall–Kier alpha value is -1.86. The zero-order chi connectivity index (χ0) is 17.4. The lowest BCUT2D eigenvalue weighted by Crippen LogP contribution is -2.39. The van der Waals surface area contributed by atoms with Gasteiger partial charge in [-0.15, -0.1) is 0 Å². The molecular weight excluding hydrogens is 330 g/mol. The number of halogens is 6. The maximum Gasteiger partial charge on any atom is 0.414 e. The molecule has 0 spiro atoms. The Balaban J connectivity index is 2.56. The van der Waals surface area contributed by atoms with E-state index in [1.165, 1.54) is 6.07 Å². The molecule has 0 amide bonds. The van der Waals surface area contributed by atoms with Gasteiger partial charge in [0.1, 0.15) is 6.07 Å². The third-order valence-electron chi connectivity index (χ3n) is 3.42. The van der Waals surface area contributed by atoms with E-state index >= 15 is 0 Å². The third-order valence-corrected chi connectivity index (χ3v) is 3.42. The molecule has 3 atom stereocenters. The first-order valence-electron chi connectivity index (χ1n) is 6.42. The smallest absolute Gasteiger partial charge is 0.371 e. The van der Waals surface area contributed by atoms with Gasteiger partial charge in [-0.05, 0) is 0 Å². The molecule has 1 fully saturated rings. The van der Waals surface area contributed by atoms with Gasteiger partial charge in [0, 0.05) is 5.92 Å². The molecule has 2 rings (SSSR count). The van der Waals surface area contributed by atoms with Crippen LogP contribution in [0.15, 0.2) is 0 Å². The van der Waals surface area contributed by atoms with Gasteiger partial charge in [0.2, 0.25) is 0 Å². The van der Waals surface area contributed by atoms with Crippen LogP contribution >= 0.6 is 0 Å². The minimum atomic E-state index is -4.80. The summed E-state index contributed by atoms with van der Waals surface area (Å²) >= 11 is 0. The van der Waals surface area contributed by atoms with Crippen LogP contribution in [-0.2, 0) is 9.47 Å². The molecule has 23 heavy (non-hydrogen) atoms. The van der Waals surface area contributed by atoms with E-state index in [0.29, 0.717) is 0 Å². The molecule has 1 aromatic rings. The van der Waals surface area contributed by atoms with E-state index in [4.69, 9.17) is 10.00 Å². The van der Waals surface area contributed by atoms with E-state index in [2.05, 4.69) is 9.72 Å². The summed E-state index contributed by atoms with van der Waals surface area (Å²) in [6.45, 7) is 0.177. The van der Waals surface area contributed by atoms with E-state index in [0.717, 1.165) is 6.92 Å². The molecule has 1 saturated heterocycles. The van der Waals surface area contributed by atoms with Gasteiger partial charge in [-0.1, -0.05) is 6.92 Å². The zero-order valence-electron chi connectivity index (χ0n) is 11.6. The molecule has 10 heteroatoms. The Kier molecular flexibility index (Phi) is 4.81. The van der Waals surface area contributed by atoms with Crippen molar-refractivity contribution in [1.82, 2.24) is 4.98 Å². The SMILES string of the molecule is CC1C(c2c(F)c(F)nc(C#N)c2F)OCCOC1C(F)(F)F. The minimum Gasteiger partial charge on any atom is -0.371 e. The number of aromatic nitrogens is 1. The lowest BCUT2D eigenvalue weighted by Gasteiger charge is -2.29. The summed E-state index contributed by atoms with van der Waals surface area (Å²) in [5.74, 6) is -6.70. The third kappa shape index (κ3) is 3.25. The second-order valence-corrected chi connectivity index (χ2v) is 4.89. The highest BCUT2D eigenvalue weighted by molar-refractivity contribution is 5.32. The Labute approximate surface area is 126 Å². The van der Waals surface area contributed by atoms with Crippen LogP contribution in [0.25, 0.3) is 0 Å². The second-order valence-electron chi connectivity index (χ2n) is 4.89. The molecule has 0 saturated carbocycles. The first-order chi connectivity index (χ1) is 10.7. The minimum absolute atomic E-state index is 0.383. The van der Waals surface area contributed by atoms with Crippen molar-refractivity contribution in [1.29, 1.82) is 5.26 Å². The topological polar surface area (TPSA) is 55.1 Å². The number of rotatable bonds is 1. The monoisotopic (exact) mass is 340 g/mol. The summed E-state index contributed by atoms with van der Waals surface area (Å²) in [4.78, 5) is 2.78. The first-order valence-corrected chi connectivity index (χ1v) is 6.42. The van der Waals surface area contributed by atoms with Gasteiger partial charge in [0.05, 0.1) is 24.9 Å². The molecule has 2 heterocycles. The molecule has 3 unspecified atom stereocenters. The number of pyridine rings is 1. The summed E-state index contributed by atoms with van der Waals surface area (Å²) in [5.41, 5.74) is -2.16. The molecule has 0 aromatic carbocycles. The average Bonchev–Trinajstić information content (AvgIpc) is 2.65.